The maximum atomic E-state index is 10.9. The van der Waals surface area contributed by atoms with Gasteiger partial charge in [-0.1, -0.05) is 32.6 Å². The predicted molar refractivity (Wildman–Crippen MR) is 66.7 cm³/mol. The van der Waals surface area contributed by atoms with E-state index in [0.29, 0.717) is 19.3 Å². The van der Waals surface area contributed by atoms with Crippen molar-refractivity contribution >= 4 is 16.1 Å². The van der Waals surface area contributed by atoms with Gasteiger partial charge in [0.1, 0.15) is 0 Å². The van der Waals surface area contributed by atoms with E-state index in [1.165, 1.54) is 0 Å². The summed E-state index contributed by atoms with van der Waals surface area (Å²) in [5.74, 6) is -0.632. The van der Waals surface area contributed by atoms with Gasteiger partial charge >= 0.3 is 5.97 Å². The highest BCUT2D eigenvalue weighted by Gasteiger charge is 2.19. The maximum absolute atomic E-state index is 10.9. The maximum Gasteiger partial charge on any atom is 0.342 e. The minimum absolute atomic E-state index is 0.194. The summed E-state index contributed by atoms with van der Waals surface area (Å²) >= 11 is 0. The van der Waals surface area contributed by atoms with E-state index in [1.54, 1.807) is 6.92 Å². The van der Waals surface area contributed by atoms with Crippen molar-refractivity contribution in [3.63, 3.8) is 0 Å². The molecule has 0 aliphatic heterocycles. The third-order valence-corrected chi connectivity index (χ3v) is 4.30. The average molecular weight is 282 g/mol. The normalized spacial score (nSPS) is 13.3. The Morgan fingerprint density at radius 1 is 1.17 bits per heavy atom. The van der Waals surface area contributed by atoms with E-state index >= 15 is 0 Å². The molecule has 2 N–H and O–H groups in total. The van der Waals surface area contributed by atoms with Gasteiger partial charge in [0, 0.05) is 6.42 Å². The number of hydrogen-bond donors (Lipinski definition) is 2. The number of carbonyl (C=O) groups excluding carboxylic acids is 1. The monoisotopic (exact) mass is 282 g/mol. The summed E-state index contributed by atoms with van der Waals surface area (Å²) < 4.78 is 30.7. The number of carbonyl (C=O) groups is 1. The first-order valence-electron chi connectivity index (χ1n) is 6.22. The molecule has 0 spiro atoms. The highest BCUT2D eigenvalue weighted by Crippen LogP contribution is 2.15. The third-order valence-electron chi connectivity index (χ3n) is 2.89. The predicted octanol–water partition coefficient (Wildman–Crippen LogP) is 2.40. The minimum atomic E-state index is -3.92. The zero-order valence-corrected chi connectivity index (χ0v) is 11.5. The van der Waals surface area contributed by atoms with Crippen LogP contribution < -0.4 is 0 Å². The van der Waals surface area contributed by atoms with Crippen LogP contribution in [0.1, 0.15) is 58.3 Å². The van der Waals surface area contributed by atoms with Crippen LogP contribution in [-0.4, -0.2) is 29.4 Å². The third kappa shape index (κ3) is 8.43. The van der Waals surface area contributed by atoms with Crippen molar-refractivity contribution < 1.29 is 27.9 Å². The Morgan fingerprint density at radius 3 is 2.22 bits per heavy atom. The second-order valence-electron chi connectivity index (χ2n) is 4.31. The standard InChI is InChI=1S/C11H22O6S/c1-2-10(18(14,15)16)8-6-4-3-5-7-9-11(12)17-13/h10,13H,2-9H2,1H3,(H,14,15,16). The van der Waals surface area contributed by atoms with Gasteiger partial charge in [0.05, 0.1) is 5.25 Å². The number of unbranched alkanes of at least 4 members (excludes halogenated alkanes) is 4. The molecule has 0 aliphatic rings. The van der Waals surface area contributed by atoms with Gasteiger partial charge in [0.25, 0.3) is 10.1 Å². The van der Waals surface area contributed by atoms with Gasteiger partial charge in [0.15, 0.2) is 0 Å². The lowest BCUT2D eigenvalue weighted by Gasteiger charge is -2.10. The van der Waals surface area contributed by atoms with Crippen LogP contribution in [0.15, 0.2) is 0 Å². The van der Waals surface area contributed by atoms with E-state index in [1.807, 2.05) is 0 Å². The first-order valence-corrected chi connectivity index (χ1v) is 7.72. The molecule has 0 aromatic rings. The quantitative estimate of drug-likeness (QED) is 0.276. The molecular formula is C11H22O6S. The molecule has 0 aliphatic carbocycles. The summed E-state index contributed by atoms with van der Waals surface area (Å²) in [6.45, 7) is 1.74. The second kappa shape index (κ2) is 9.29. The van der Waals surface area contributed by atoms with Crippen LogP contribution in [0, 0.1) is 0 Å². The highest BCUT2D eigenvalue weighted by molar-refractivity contribution is 7.86. The molecule has 0 amide bonds. The zero-order chi connectivity index (χ0) is 14.0. The Bertz CT molecular complexity index is 324. The molecule has 0 fully saturated rings. The minimum Gasteiger partial charge on any atom is -0.301 e. The first kappa shape index (κ1) is 17.3. The highest BCUT2D eigenvalue weighted by atomic mass is 32.2. The Morgan fingerprint density at radius 2 is 1.72 bits per heavy atom. The summed E-state index contributed by atoms with van der Waals surface area (Å²) in [5.41, 5.74) is 0. The molecule has 7 heteroatoms. The van der Waals surface area contributed by atoms with E-state index in [2.05, 4.69) is 4.89 Å². The Balaban J connectivity index is 3.53. The fourth-order valence-electron chi connectivity index (χ4n) is 1.78. The van der Waals surface area contributed by atoms with Gasteiger partial charge in [0.2, 0.25) is 0 Å². The molecule has 0 aromatic carbocycles. The molecule has 0 aromatic heterocycles. The lowest BCUT2D eigenvalue weighted by molar-refractivity contribution is -0.234. The molecule has 1 unspecified atom stereocenters. The number of hydrogen-bond acceptors (Lipinski definition) is 5. The topological polar surface area (TPSA) is 101 Å². The SMILES string of the molecule is CCC(CCCCCCCC(=O)OO)S(=O)(=O)O. The van der Waals surface area contributed by atoms with Crippen LogP contribution in [0.25, 0.3) is 0 Å². The molecule has 0 radical (unpaired) electrons. The van der Waals surface area contributed by atoms with E-state index in [0.717, 1.165) is 25.7 Å². The van der Waals surface area contributed by atoms with E-state index in [4.69, 9.17) is 9.81 Å². The van der Waals surface area contributed by atoms with Crippen LogP contribution in [0.3, 0.4) is 0 Å². The molecule has 18 heavy (non-hydrogen) atoms. The van der Waals surface area contributed by atoms with Crippen molar-refractivity contribution in [1.82, 2.24) is 0 Å². The second-order valence-corrected chi connectivity index (χ2v) is 6.01. The summed E-state index contributed by atoms with van der Waals surface area (Å²) in [6, 6.07) is 0. The smallest absolute Gasteiger partial charge is 0.301 e. The van der Waals surface area contributed by atoms with Crippen molar-refractivity contribution in [1.29, 1.82) is 0 Å². The summed E-state index contributed by atoms with van der Waals surface area (Å²) in [7, 11) is -3.92. The van der Waals surface area contributed by atoms with Crippen LogP contribution in [0.5, 0.6) is 0 Å². The summed E-state index contributed by atoms with van der Waals surface area (Å²) in [5, 5.41) is 7.34. The molecule has 6 nitrogen and oxygen atoms in total. The fraction of sp³-hybridized carbons (Fsp3) is 0.909. The van der Waals surface area contributed by atoms with Gasteiger partial charge in [-0.3, -0.25) is 4.55 Å². The Kier molecular flexibility index (Phi) is 8.95. The lowest BCUT2D eigenvalue weighted by atomic mass is 10.1. The van der Waals surface area contributed by atoms with Crippen molar-refractivity contribution in [2.75, 3.05) is 0 Å². The van der Waals surface area contributed by atoms with E-state index in [9.17, 15) is 13.2 Å². The molecular weight excluding hydrogens is 260 g/mol. The Labute approximate surface area is 108 Å². The molecule has 0 rings (SSSR count). The van der Waals surface area contributed by atoms with E-state index < -0.39 is 21.3 Å². The fourth-order valence-corrected chi connectivity index (χ4v) is 2.67. The summed E-state index contributed by atoms with van der Waals surface area (Å²) in [6.07, 6.45) is 5.05. The molecule has 1 atom stereocenters. The van der Waals surface area contributed by atoms with Crippen LogP contribution >= 0.6 is 0 Å². The van der Waals surface area contributed by atoms with Crippen molar-refractivity contribution in [2.45, 2.75) is 63.5 Å². The van der Waals surface area contributed by atoms with Crippen molar-refractivity contribution in [2.24, 2.45) is 0 Å². The average Bonchev–Trinajstić information content (AvgIpc) is 2.30. The first-order chi connectivity index (χ1) is 8.41. The van der Waals surface area contributed by atoms with Gasteiger partial charge in [-0.05, 0) is 19.3 Å². The zero-order valence-electron chi connectivity index (χ0n) is 10.7. The van der Waals surface area contributed by atoms with Crippen LogP contribution in [0.4, 0.5) is 0 Å². The van der Waals surface area contributed by atoms with Crippen molar-refractivity contribution in [3.8, 4) is 0 Å². The van der Waals surface area contributed by atoms with Gasteiger partial charge in [-0.25, -0.2) is 4.79 Å². The molecule has 0 bridgehead atoms. The lowest BCUT2D eigenvalue weighted by Crippen LogP contribution is -2.19. The largest absolute Gasteiger partial charge is 0.342 e. The molecule has 108 valence electrons. The van der Waals surface area contributed by atoms with Gasteiger partial charge < -0.3 is 4.89 Å². The van der Waals surface area contributed by atoms with Gasteiger partial charge in [-0.15, -0.1) is 0 Å². The molecule has 0 saturated heterocycles. The number of rotatable bonds is 10. The van der Waals surface area contributed by atoms with Crippen LogP contribution in [-0.2, 0) is 19.8 Å². The molecule has 0 heterocycles. The van der Waals surface area contributed by atoms with Crippen molar-refractivity contribution in [3.05, 3.63) is 0 Å². The summed E-state index contributed by atoms with van der Waals surface area (Å²) in [4.78, 5) is 14.1. The van der Waals surface area contributed by atoms with Crippen LogP contribution in [0.2, 0.25) is 0 Å². The van der Waals surface area contributed by atoms with Gasteiger partial charge in [-0.2, -0.15) is 13.7 Å². The Hall–Kier alpha value is -0.660. The van der Waals surface area contributed by atoms with E-state index in [-0.39, 0.29) is 6.42 Å². The molecule has 0 saturated carbocycles.